The number of rotatable bonds is 5. The first-order chi connectivity index (χ1) is 16.7. The van der Waals surface area contributed by atoms with Gasteiger partial charge in [-0.15, -0.1) is 0 Å². The van der Waals surface area contributed by atoms with Gasteiger partial charge >= 0.3 is 0 Å². The molecule has 184 valence electrons. The lowest BCUT2D eigenvalue weighted by Crippen LogP contribution is -2.38. The number of benzene rings is 1. The minimum Gasteiger partial charge on any atom is -0.354 e. The van der Waals surface area contributed by atoms with E-state index in [0.29, 0.717) is 24.3 Å². The molecule has 2 saturated heterocycles. The molecule has 0 bridgehead atoms. The number of aromatic amines is 1. The SMILES string of the molecule is Cc1cc(-c2[nH]c3ccc(C(=O)N4CC5CN(CC(=O)N(C)C)CC5C4)cc3c2C(C)C)ccn1. The fraction of sp³-hybridized carbons (Fsp3) is 0.464. The number of nitrogens with one attached hydrogen (secondary N) is 1. The topological polar surface area (TPSA) is 72.5 Å². The van der Waals surface area contributed by atoms with Crippen LogP contribution in [-0.2, 0) is 4.79 Å². The van der Waals surface area contributed by atoms with Crippen molar-refractivity contribution in [2.24, 2.45) is 11.8 Å². The molecule has 0 aliphatic carbocycles. The van der Waals surface area contributed by atoms with E-state index in [2.05, 4.69) is 40.8 Å². The average Bonchev–Trinajstić information content (AvgIpc) is 3.49. The summed E-state index contributed by atoms with van der Waals surface area (Å²) >= 11 is 0. The molecule has 1 aromatic carbocycles. The normalized spacial score (nSPS) is 20.1. The van der Waals surface area contributed by atoms with Crippen molar-refractivity contribution >= 4 is 22.7 Å². The first-order valence-corrected chi connectivity index (χ1v) is 12.5. The molecule has 0 spiro atoms. The van der Waals surface area contributed by atoms with Gasteiger partial charge in [0.05, 0.1) is 12.2 Å². The summed E-state index contributed by atoms with van der Waals surface area (Å²) in [5, 5.41) is 1.11. The van der Waals surface area contributed by atoms with Crippen molar-refractivity contribution in [2.75, 3.05) is 46.8 Å². The Morgan fingerprint density at radius 1 is 1.09 bits per heavy atom. The largest absolute Gasteiger partial charge is 0.354 e. The molecular formula is C28H35N5O2. The van der Waals surface area contributed by atoms with Crippen LogP contribution in [0.15, 0.2) is 36.5 Å². The summed E-state index contributed by atoms with van der Waals surface area (Å²) in [6.07, 6.45) is 1.84. The number of aryl methyl sites for hydroxylation is 1. The van der Waals surface area contributed by atoms with Crippen molar-refractivity contribution in [1.29, 1.82) is 0 Å². The highest BCUT2D eigenvalue weighted by Gasteiger charge is 2.42. The van der Waals surface area contributed by atoms with Crippen molar-refractivity contribution in [3.63, 3.8) is 0 Å². The highest BCUT2D eigenvalue weighted by atomic mass is 16.2. The van der Waals surface area contributed by atoms with E-state index in [0.717, 1.165) is 59.6 Å². The van der Waals surface area contributed by atoms with Crippen molar-refractivity contribution in [3.05, 3.63) is 53.3 Å². The van der Waals surface area contributed by atoms with Crippen LogP contribution >= 0.6 is 0 Å². The van der Waals surface area contributed by atoms with Gasteiger partial charge in [-0.1, -0.05) is 13.8 Å². The van der Waals surface area contributed by atoms with Crippen LogP contribution in [0.5, 0.6) is 0 Å². The third kappa shape index (κ3) is 4.45. The van der Waals surface area contributed by atoms with Crippen LogP contribution in [0.4, 0.5) is 0 Å². The Bertz CT molecular complexity index is 1260. The molecule has 2 atom stereocenters. The van der Waals surface area contributed by atoms with E-state index in [4.69, 9.17) is 0 Å². The van der Waals surface area contributed by atoms with Gasteiger partial charge in [0, 0.05) is 74.2 Å². The Morgan fingerprint density at radius 3 is 2.43 bits per heavy atom. The van der Waals surface area contributed by atoms with E-state index >= 15 is 0 Å². The number of hydrogen-bond donors (Lipinski definition) is 1. The van der Waals surface area contributed by atoms with E-state index in [-0.39, 0.29) is 11.8 Å². The Morgan fingerprint density at radius 2 is 1.80 bits per heavy atom. The Hall–Kier alpha value is -3.19. The number of fused-ring (bicyclic) bond motifs is 2. The van der Waals surface area contributed by atoms with Crippen LogP contribution < -0.4 is 0 Å². The molecule has 2 aromatic heterocycles. The minimum atomic E-state index is 0.106. The van der Waals surface area contributed by atoms with Gasteiger partial charge in [0.25, 0.3) is 5.91 Å². The molecule has 1 N–H and O–H groups in total. The number of hydrogen-bond acceptors (Lipinski definition) is 4. The predicted octanol–water partition coefficient (Wildman–Crippen LogP) is 3.75. The average molecular weight is 474 g/mol. The Kier molecular flexibility index (Phi) is 6.13. The van der Waals surface area contributed by atoms with E-state index in [1.54, 1.807) is 19.0 Å². The number of carbonyl (C=O) groups excluding carboxylic acids is 2. The number of pyridine rings is 1. The quantitative estimate of drug-likeness (QED) is 0.613. The van der Waals surface area contributed by atoms with E-state index in [1.165, 1.54) is 5.56 Å². The van der Waals surface area contributed by atoms with Gasteiger partial charge in [0.15, 0.2) is 0 Å². The Balaban J connectivity index is 1.36. The molecule has 2 amide bonds. The molecule has 35 heavy (non-hydrogen) atoms. The highest BCUT2D eigenvalue weighted by molar-refractivity contribution is 6.00. The van der Waals surface area contributed by atoms with Crippen LogP contribution in [0.2, 0.25) is 0 Å². The zero-order chi connectivity index (χ0) is 24.9. The van der Waals surface area contributed by atoms with Crippen LogP contribution in [0.25, 0.3) is 22.2 Å². The summed E-state index contributed by atoms with van der Waals surface area (Å²) in [4.78, 5) is 39.4. The predicted molar refractivity (Wildman–Crippen MR) is 138 cm³/mol. The minimum absolute atomic E-state index is 0.106. The summed E-state index contributed by atoms with van der Waals surface area (Å²) in [6, 6.07) is 10.2. The maximum absolute atomic E-state index is 13.5. The molecule has 7 nitrogen and oxygen atoms in total. The lowest BCUT2D eigenvalue weighted by molar-refractivity contribution is -0.129. The van der Waals surface area contributed by atoms with Crippen LogP contribution in [0.3, 0.4) is 0 Å². The van der Waals surface area contributed by atoms with E-state index < -0.39 is 0 Å². The van der Waals surface area contributed by atoms with Crippen LogP contribution in [0, 0.1) is 18.8 Å². The monoisotopic (exact) mass is 473 g/mol. The van der Waals surface area contributed by atoms with E-state index in [1.807, 2.05) is 36.2 Å². The second-order valence-corrected chi connectivity index (χ2v) is 10.7. The molecule has 3 aromatic rings. The van der Waals surface area contributed by atoms with E-state index in [9.17, 15) is 9.59 Å². The van der Waals surface area contributed by atoms with Crippen molar-refractivity contribution in [3.8, 4) is 11.3 Å². The van der Waals surface area contributed by atoms with Gasteiger partial charge in [0.2, 0.25) is 5.91 Å². The number of likely N-dealkylation sites (tertiary alicyclic amines) is 2. The van der Waals surface area contributed by atoms with Crippen molar-refractivity contribution < 1.29 is 9.59 Å². The maximum atomic E-state index is 13.5. The van der Waals surface area contributed by atoms with Gasteiger partial charge in [-0.05, 0) is 60.6 Å². The molecule has 2 aliphatic rings. The molecule has 7 heteroatoms. The first-order valence-electron chi connectivity index (χ1n) is 12.5. The standard InChI is InChI=1S/C28H35N5O2/c1-17(2)26-23-11-20(6-7-24(23)30-27(26)19-8-9-29-18(3)10-19)28(35)33-14-21-12-32(13-22(21)15-33)16-25(34)31(4)5/h6-11,17,21-22,30H,12-16H2,1-5H3. The molecule has 2 fully saturated rings. The zero-order valence-electron chi connectivity index (χ0n) is 21.3. The molecule has 2 aliphatic heterocycles. The third-order valence-electron chi connectivity index (χ3n) is 7.56. The molecule has 0 radical (unpaired) electrons. The van der Waals surface area contributed by atoms with Gasteiger partial charge in [-0.3, -0.25) is 19.5 Å². The van der Waals surface area contributed by atoms with Crippen LogP contribution in [-0.4, -0.2) is 83.3 Å². The van der Waals surface area contributed by atoms with Gasteiger partial charge in [-0.25, -0.2) is 0 Å². The molecule has 5 rings (SSSR count). The number of aromatic nitrogens is 2. The second kappa shape index (κ2) is 9.11. The fourth-order valence-corrected chi connectivity index (χ4v) is 5.77. The van der Waals surface area contributed by atoms with Gasteiger partial charge in [0.1, 0.15) is 0 Å². The maximum Gasteiger partial charge on any atom is 0.253 e. The van der Waals surface area contributed by atoms with Gasteiger partial charge < -0.3 is 14.8 Å². The summed E-state index contributed by atoms with van der Waals surface area (Å²) < 4.78 is 0. The Labute approximate surface area is 207 Å². The molecule has 0 saturated carbocycles. The number of nitrogens with zero attached hydrogens (tertiary/aromatic N) is 4. The summed E-state index contributed by atoms with van der Waals surface area (Å²) in [5.74, 6) is 1.43. The number of likely N-dealkylation sites (N-methyl/N-ethyl adjacent to an activating group) is 1. The number of H-pyrrole nitrogens is 1. The summed E-state index contributed by atoms with van der Waals surface area (Å²) in [6.45, 7) is 10.2. The first kappa shape index (κ1) is 23.5. The smallest absolute Gasteiger partial charge is 0.253 e. The zero-order valence-corrected chi connectivity index (χ0v) is 21.3. The number of carbonyl (C=O) groups is 2. The second-order valence-electron chi connectivity index (χ2n) is 10.7. The third-order valence-corrected chi connectivity index (χ3v) is 7.56. The fourth-order valence-electron chi connectivity index (χ4n) is 5.77. The molecule has 2 unspecified atom stereocenters. The van der Waals surface area contributed by atoms with Gasteiger partial charge in [-0.2, -0.15) is 0 Å². The van der Waals surface area contributed by atoms with Crippen LogP contribution in [0.1, 0.15) is 41.4 Å². The van der Waals surface area contributed by atoms with Crippen molar-refractivity contribution in [2.45, 2.75) is 26.7 Å². The molecule has 4 heterocycles. The summed E-state index contributed by atoms with van der Waals surface area (Å²) in [5.41, 5.74) is 6.24. The molecular weight excluding hydrogens is 438 g/mol. The van der Waals surface area contributed by atoms with Crippen molar-refractivity contribution in [1.82, 2.24) is 24.7 Å². The number of amides is 2. The highest BCUT2D eigenvalue weighted by Crippen LogP contribution is 2.37. The lowest BCUT2D eigenvalue weighted by atomic mass is 9.95. The summed E-state index contributed by atoms with van der Waals surface area (Å²) in [7, 11) is 3.60. The lowest BCUT2D eigenvalue weighted by Gasteiger charge is -2.22.